The third-order valence-electron chi connectivity index (χ3n) is 4.25. The second kappa shape index (κ2) is 6.54. The number of rotatable bonds is 5. The predicted octanol–water partition coefficient (Wildman–Crippen LogP) is -3.07. The van der Waals surface area contributed by atoms with Gasteiger partial charge in [0, 0.05) is 0 Å². The molecule has 0 bridgehead atoms. The average Bonchev–Trinajstić information content (AvgIpc) is 3.08. The van der Waals surface area contributed by atoms with Crippen LogP contribution in [0.2, 0.25) is 0 Å². The molecule has 1 aliphatic rings. The molecule has 0 saturated carbocycles. The van der Waals surface area contributed by atoms with Crippen molar-refractivity contribution in [3.63, 3.8) is 0 Å². The Morgan fingerprint density at radius 1 is 1.48 bits per heavy atom. The van der Waals surface area contributed by atoms with E-state index in [4.69, 9.17) is 10.5 Å². The van der Waals surface area contributed by atoms with Gasteiger partial charge >= 0.3 is 5.56 Å². The predicted molar refractivity (Wildman–Crippen MR) is 84.3 cm³/mol. The molecule has 2 aromatic rings. The van der Waals surface area contributed by atoms with Crippen molar-refractivity contribution in [2.45, 2.75) is 30.6 Å². The smallest absolute Gasteiger partial charge is 0.304 e. The first-order chi connectivity index (χ1) is 11.9. The summed E-state index contributed by atoms with van der Waals surface area (Å²) in [7, 11) is 0. The number of nitrogens with one attached hydrogen (secondary N) is 1. The summed E-state index contributed by atoms with van der Waals surface area (Å²) in [4.78, 5) is 18.8. The third-order valence-corrected chi connectivity index (χ3v) is 4.25. The molecule has 3 rings (SSSR count). The Morgan fingerprint density at radius 3 is 2.76 bits per heavy atom. The fourth-order valence-corrected chi connectivity index (χ4v) is 2.95. The van der Waals surface area contributed by atoms with E-state index in [1.807, 2.05) is 0 Å². The highest BCUT2D eigenvalue weighted by molar-refractivity contribution is 5.67. The van der Waals surface area contributed by atoms with E-state index in [2.05, 4.69) is 16.5 Å². The number of nitrogens with two attached hydrogens (primary N) is 1. The van der Waals surface area contributed by atoms with Crippen molar-refractivity contribution in [1.82, 2.24) is 14.5 Å². The zero-order valence-electron chi connectivity index (χ0n) is 13.2. The maximum atomic E-state index is 12.3. The Hall–Kier alpha value is -2.31. The van der Waals surface area contributed by atoms with Crippen LogP contribution in [-0.4, -0.2) is 66.5 Å². The van der Waals surface area contributed by atoms with Crippen LogP contribution in [0.3, 0.4) is 0 Å². The van der Waals surface area contributed by atoms with Crippen LogP contribution in [0.1, 0.15) is 12.3 Å². The van der Waals surface area contributed by atoms with Crippen molar-refractivity contribution in [3.8, 4) is 0 Å². The SMILES string of the molecule is C=CC(CO)[n+]1cn([C@@H]2O[C@H](CO)[C@@H](O)[C@H]2O)c2nc(N)[nH]c(=O)c21. The maximum absolute atomic E-state index is 12.3. The number of aromatic amines is 1. The van der Waals surface area contributed by atoms with E-state index in [-0.39, 0.29) is 23.7 Å². The number of imidazole rings is 1. The van der Waals surface area contributed by atoms with E-state index in [1.54, 1.807) is 0 Å². The first-order valence-electron chi connectivity index (χ1n) is 7.60. The summed E-state index contributed by atoms with van der Waals surface area (Å²) in [5.41, 5.74) is 5.24. The second-order valence-corrected chi connectivity index (χ2v) is 5.77. The highest BCUT2D eigenvalue weighted by Crippen LogP contribution is 2.30. The summed E-state index contributed by atoms with van der Waals surface area (Å²) >= 11 is 0. The number of nitrogen functional groups attached to an aromatic ring is 1. The van der Waals surface area contributed by atoms with Crippen LogP contribution >= 0.6 is 0 Å². The summed E-state index contributed by atoms with van der Waals surface area (Å²) in [5, 5.41) is 39.0. The lowest BCUT2D eigenvalue weighted by Gasteiger charge is -2.11. The van der Waals surface area contributed by atoms with E-state index in [9.17, 15) is 25.2 Å². The molecular formula is C14H20N5O6+. The number of H-pyrrole nitrogens is 1. The minimum Gasteiger partial charge on any atom is -0.394 e. The van der Waals surface area contributed by atoms with Crippen molar-refractivity contribution in [3.05, 3.63) is 29.3 Å². The van der Waals surface area contributed by atoms with E-state index >= 15 is 0 Å². The number of fused-ring (bicyclic) bond motifs is 1. The van der Waals surface area contributed by atoms with Crippen molar-refractivity contribution < 1.29 is 29.7 Å². The molecule has 1 unspecified atom stereocenters. The summed E-state index contributed by atoms with van der Waals surface area (Å²) in [6.45, 7) is 2.80. The zero-order chi connectivity index (χ0) is 18.3. The zero-order valence-corrected chi connectivity index (χ0v) is 13.2. The Bertz CT molecular complexity index is 848. The summed E-state index contributed by atoms with van der Waals surface area (Å²) in [6, 6.07) is -0.632. The van der Waals surface area contributed by atoms with Gasteiger partial charge in [-0.2, -0.15) is 9.55 Å². The Balaban J connectivity index is 2.22. The van der Waals surface area contributed by atoms with Crippen molar-refractivity contribution in [2.24, 2.45) is 0 Å². The Labute approximate surface area is 141 Å². The van der Waals surface area contributed by atoms with Gasteiger partial charge in [-0.1, -0.05) is 6.58 Å². The summed E-state index contributed by atoms with van der Waals surface area (Å²) in [5.74, 6) is -0.144. The van der Waals surface area contributed by atoms with Crippen LogP contribution in [0, 0.1) is 0 Å². The number of aromatic nitrogens is 4. The van der Waals surface area contributed by atoms with E-state index in [1.165, 1.54) is 21.5 Å². The van der Waals surface area contributed by atoms with Crippen LogP contribution in [0.15, 0.2) is 23.8 Å². The Kier molecular flexibility index (Phi) is 4.58. The largest absolute Gasteiger partial charge is 0.394 e. The summed E-state index contributed by atoms with van der Waals surface area (Å²) in [6.07, 6.45) is -1.91. The van der Waals surface area contributed by atoms with Gasteiger partial charge in [0.25, 0.3) is 11.2 Å². The normalized spacial score (nSPS) is 27.7. The van der Waals surface area contributed by atoms with Crippen molar-refractivity contribution in [1.29, 1.82) is 0 Å². The lowest BCUT2D eigenvalue weighted by molar-refractivity contribution is -0.690. The molecule has 7 N–H and O–H groups in total. The number of hydrogen-bond donors (Lipinski definition) is 6. The molecule has 25 heavy (non-hydrogen) atoms. The maximum Gasteiger partial charge on any atom is 0.304 e. The van der Waals surface area contributed by atoms with E-state index in [0.717, 1.165) is 0 Å². The monoisotopic (exact) mass is 354 g/mol. The van der Waals surface area contributed by atoms with Gasteiger partial charge in [-0.05, 0) is 6.08 Å². The molecule has 5 atom stereocenters. The van der Waals surface area contributed by atoms with Crippen molar-refractivity contribution in [2.75, 3.05) is 18.9 Å². The van der Waals surface area contributed by atoms with Crippen LogP contribution < -0.4 is 15.9 Å². The molecule has 0 amide bonds. The lowest BCUT2D eigenvalue weighted by Crippen LogP contribution is -2.42. The number of aliphatic hydroxyl groups excluding tert-OH is 4. The van der Waals surface area contributed by atoms with Gasteiger partial charge in [0.1, 0.15) is 24.4 Å². The van der Waals surface area contributed by atoms with Gasteiger partial charge in [-0.15, -0.1) is 0 Å². The van der Waals surface area contributed by atoms with E-state index < -0.39 is 42.7 Å². The third kappa shape index (κ3) is 2.71. The molecule has 0 radical (unpaired) electrons. The van der Waals surface area contributed by atoms with Gasteiger partial charge in [0.05, 0.1) is 13.2 Å². The molecule has 1 aliphatic heterocycles. The number of anilines is 1. The first-order valence-corrected chi connectivity index (χ1v) is 7.60. The molecule has 11 nitrogen and oxygen atoms in total. The van der Waals surface area contributed by atoms with Crippen LogP contribution in [0.4, 0.5) is 5.95 Å². The highest BCUT2D eigenvalue weighted by atomic mass is 16.6. The number of hydrogen-bond acceptors (Lipinski definition) is 8. The van der Waals surface area contributed by atoms with Gasteiger partial charge in [0.2, 0.25) is 18.5 Å². The molecule has 1 fully saturated rings. The highest BCUT2D eigenvalue weighted by Gasteiger charge is 2.47. The van der Waals surface area contributed by atoms with Gasteiger partial charge < -0.3 is 30.9 Å². The van der Waals surface area contributed by atoms with E-state index in [0.29, 0.717) is 0 Å². The van der Waals surface area contributed by atoms with Gasteiger partial charge in [0.15, 0.2) is 0 Å². The van der Waals surface area contributed by atoms with Crippen LogP contribution in [0.25, 0.3) is 11.2 Å². The fraction of sp³-hybridized carbons (Fsp3) is 0.500. The van der Waals surface area contributed by atoms with Crippen LogP contribution in [-0.2, 0) is 4.74 Å². The summed E-state index contributed by atoms with van der Waals surface area (Å²) < 4.78 is 8.24. The molecule has 136 valence electrons. The molecule has 11 heteroatoms. The van der Waals surface area contributed by atoms with Gasteiger partial charge in [-0.3, -0.25) is 9.78 Å². The molecular weight excluding hydrogens is 334 g/mol. The average molecular weight is 354 g/mol. The quantitative estimate of drug-likeness (QED) is 0.242. The second-order valence-electron chi connectivity index (χ2n) is 5.77. The standard InChI is InChI=1S/C14H19N5O6/c1-2-6(3-20)18-5-19(11-8(18)12(24)17-14(15)16-11)13-10(23)9(22)7(4-21)25-13/h2,5-7,9-10,13,20-23H,1,3-4H2,(H2-,15,16,17,24)/p+1/t6?,7-,9-,10-,13-/m1/s1. The Morgan fingerprint density at radius 2 is 2.20 bits per heavy atom. The minimum absolute atomic E-state index is 0.0888. The first kappa shape index (κ1) is 17.5. The van der Waals surface area contributed by atoms with Crippen LogP contribution in [0.5, 0.6) is 0 Å². The van der Waals surface area contributed by atoms with Crippen molar-refractivity contribution >= 4 is 17.1 Å². The number of nitrogens with zero attached hydrogens (tertiary/aromatic N) is 3. The molecule has 1 saturated heterocycles. The van der Waals surface area contributed by atoms with Gasteiger partial charge in [-0.25, -0.2) is 4.57 Å². The minimum atomic E-state index is -1.36. The molecule has 2 aromatic heterocycles. The molecule has 0 aromatic carbocycles. The molecule has 0 spiro atoms. The number of ether oxygens (including phenoxy) is 1. The lowest BCUT2D eigenvalue weighted by atomic mass is 10.1. The topological polar surface area (TPSA) is 171 Å². The number of aliphatic hydroxyl groups is 4. The molecule has 3 heterocycles. The fourth-order valence-electron chi connectivity index (χ4n) is 2.95. The molecule has 0 aliphatic carbocycles.